The van der Waals surface area contributed by atoms with Gasteiger partial charge in [0.15, 0.2) is 0 Å². The van der Waals surface area contributed by atoms with Crippen molar-refractivity contribution in [2.45, 2.75) is 26.4 Å². The first-order valence-corrected chi connectivity index (χ1v) is 4.03. The van der Waals surface area contributed by atoms with Crippen LogP contribution in [0.2, 0.25) is 0 Å². The molecule has 4 nitrogen and oxygen atoms in total. The zero-order chi connectivity index (χ0) is 8.72. The van der Waals surface area contributed by atoms with Crippen LogP contribution in [0, 0.1) is 0 Å². The summed E-state index contributed by atoms with van der Waals surface area (Å²) in [6.45, 7) is 4.69. The number of aromatic amines is 1. The van der Waals surface area contributed by atoms with Gasteiger partial charge >= 0.3 is 0 Å². The van der Waals surface area contributed by atoms with E-state index in [9.17, 15) is 4.79 Å². The van der Waals surface area contributed by atoms with E-state index in [0.29, 0.717) is 6.54 Å². The van der Waals surface area contributed by atoms with Gasteiger partial charge in [0.1, 0.15) is 0 Å². The van der Waals surface area contributed by atoms with Crippen molar-refractivity contribution in [1.82, 2.24) is 15.1 Å². The summed E-state index contributed by atoms with van der Waals surface area (Å²) in [7, 11) is 0. The molecular weight excluding hydrogens is 154 g/mol. The SMILES string of the molecule is CC(C)N1Cc2[nH]ncc2C1=O. The molecule has 4 heteroatoms. The molecule has 1 amide bonds. The maximum Gasteiger partial charge on any atom is 0.257 e. The summed E-state index contributed by atoms with van der Waals surface area (Å²) < 4.78 is 0. The zero-order valence-corrected chi connectivity index (χ0v) is 7.16. The van der Waals surface area contributed by atoms with Crippen LogP contribution in [0.25, 0.3) is 0 Å². The van der Waals surface area contributed by atoms with Crippen molar-refractivity contribution in [2.24, 2.45) is 0 Å². The van der Waals surface area contributed by atoms with E-state index in [4.69, 9.17) is 0 Å². The lowest BCUT2D eigenvalue weighted by atomic mass is 10.3. The fourth-order valence-electron chi connectivity index (χ4n) is 1.43. The first kappa shape index (κ1) is 7.34. The molecule has 0 aliphatic carbocycles. The van der Waals surface area contributed by atoms with Crippen molar-refractivity contribution in [3.05, 3.63) is 17.5 Å². The van der Waals surface area contributed by atoms with Crippen LogP contribution in [0.1, 0.15) is 29.9 Å². The molecule has 1 aliphatic heterocycles. The number of hydrogen-bond acceptors (Lipinski definition) is 2. The molecular formula is C8H11N3O. The molecule has 2 heterocycles. The van der Waals surface area contributed by atoms with Crippen LogP contribution in [0.5, 0.6) is 0 Å². The molecule has 0 bridgehead atoms. The highest BCUT2D eigenvalue weighted by Crippen LogP contribution is 2.21. The van der Waals surface area contributed by atoms with Crippen LogP contribution in [0.4, 0.5) is 0 Å². The lowest BCUT2D eigenvalue weighted by Gasteiger charge is -2.19. The van der Waals surface area contributed by atoms with Gasteiger partial charge < -0.3 is 4.90 Å². The Morgan fingerprint density at radius 2 is 2.42 bits per heavy atom. The topological polar surface area (TPSA) is 49.0 Å². The summed E-state index contributed by atoms with van der Waals surface area (Å²) in [4.78, 5) is 13.4. The maximum atomic E-state index is 11.6. The first-order chi connectivity index (χ1) is 5.70. The fourth-order valence-corrected chi connectivity index (χ4v) is 1.43. The minimum atomic E-state index is 0.0914. The number of carbonyl (C=O) groups is 1. The maximum absolute atomic E-state index is 11.6. The van der Waals surface area contributed by atoms with E-state index in [-0.39, 0.29) is 11.9 Å². The third kappa shape index (κ3) is 0.841. The number of H-pyrrole nitrogens is 1. The molecule has 12 heavy (non-hydrogen) atoms. The molecule has 0 radical (unpaired) electrons. The molecule has 0 aromatic carbocycles. The molecule has 64 valence electrons. The molecule has 0 unspecified atom stereocenters. The molecule has 0 saturated heterocycles. The van der Waals surface area contributed by atoms with Gasteiger partial charge in [-0.05, 0) is 13.8 Å². The molecule has 0 fully saturated rings. The number of carbonyl (C=O) groups excluding carboxylic acids is 1. The smallest absolute Gasteiger partial charge is 0.257 e. The van der Waals surface area contributed by atoms with E-state index < -0.39 is 0 Å². The Morgan fingerprint density at radius 3 is 3.00 bits per heavy atom. The summed E-state index contributed by atoms with van der Waals surface area (Å²) in [5.41, 5.74) is 1.66. The summed E-state index contributed by atoms with van der Waals surface area (Å²) >= 11 is 0. The molecule has 0 atom stereocenters. The van der Waals surface area contributed by atoms with Gasteiger partial charge in [0, 0.05) is 6.04 Å². The summed E-state index contributed by atoms with van der Waals surface area (Å²) in [5, 5.41) is 6.64. The van der Waals surface area contributed by atoms with E-state index in [0.717, 1.165) is 11.3 Å². The molecule has 1 aromatic heterocycles. The van der Waals surface area contributed by atoms with Crippen molar-refractivity contribution >= 4 is 5.91 Å². The zero-order valence-electron chi connectivity index (χ0n) is 7.16. The Morgan fingerprint density at radius 1 is 1.67 bits per heavy atom. The van der Waals surface area contributed by atoms with Crippen molar-refractivity contribution in [3.63, 3.8) is 0 Å². The minimum absolute atomic E-state index is 0.0914. The second-order valence-electron chi connectivity index (χ2n) is 3.29. The van der Waals surface area contributed by atoms with Gasteiger partial charge in [0.2, 0.25) is 0 Å². The predicted molar refractivity (Wildman–Crippen MR) is 43.6 cm³/mol. The normalized spacial score (nSPS) is 15.9. The lowest BCUT2D eigenvalue weighted by molar-refractivity contribution is 0.0728. The Bertz CT molecular complexity index is 316. The average Bonchev–Trinajstić information content (AvgIpc) is 2.53. The average molecular weight is 165 g/mol. The van der Waals surface area contributed by atoms with Crippen molar-refractivity contribution < 1.29 is 4.79 Å². The van der Waals surface area contributed by atoms with Crippen LogP contribution >= 0.6 is 0 Å². The predicted octanol–water partition coefficient (Wildman–Crippen LogP) is 0.774. The number of nitrogens with one attached hydrogen (secondary N) is 1. The summed E-state index contributed by atoms with van der Waals surface area (Å²) in [6.07, 6.45) is 1.60. The van der Waals surface area contributed by atoms with E-state index in [1.165, 1.54) is 0 Å². The van der Waals surface area contributed by atoms with Crippen molar-refractivity contribution in [2.75, 3.05) is 0 Å². The molecule has 1 aliphatic rings. The van der Waals surface area contributed by atoms with Crippen LogP contribution < -0.4 is 0 Å². The van der Waals surface area contributed by atoms with E-state index in [1.54, 1.807) is 6.20 Å². The van der Waals surface area contributed by atoms with Crippen LogP contribution in [-0.4, -0.2) is 27.0 Å². The van der Waals surface area contributed by atoms with Gasteiger partial charge in [-0.2, -0.15) is 5.10 Å². The molecule has 0 saturated carbocycles. The molecule has 2 rings (SSSR count). The van der Waals surface area contributed by atoms with E-state index >= 15 is 0 Å². The number of fused-ring (bicyclic) bond motifs is 1. The third-order valence-corrected chi connectivity index (χ3v) is 2.16. The second-order valence-corrected chi connectivity index (χ2v) is 3.29. The second kappa shape index (κ2) is 2.33. The molecule has 1 N–H and O–H groups in total. The minimum Gasteiger partial charge on any atom is -0.330 e. The Hall–Kier alpha value is -1.32. The Labute approximate surface area is 70.6 Å². The number of hydrogen-bond donors (Lipinski definition) is 1. The van der Waals surface area contributed by atoms with Gasteiger partial charge in [-0.25, -0.2) is 0 Å². The van der Waals surface area contributed by atoms with E-state index in [2.05, 4.69) is 10.2 Å². The number of nitrogens with zero attached hydrogens (tertiary/aromatic N) is 2. The van der Waals surface area contributed by atoms with Gasteiger partial charge in [-0.15, -0.1) is 0 Å². The largest absolute Gasteiger partial charge is 0.330 e. The Balaban J connectivity index is 2.33. The van der Waals surface area contributed by atoms with Crippen molar-refractivity contribution in [1.29, 1.82) is 0 Å². The highest BCUT2D eigenvalue weighted by atomic mass is 16.2. The van der Waals surface area contributed by atoms with Gasteiger partial charge in [-0.3, -0.25) is 9.89 Å². The third-order valence-electron chi connectivity index (χ3n) is 2.16. The van der Waals surface area contributed by atoms with Crippen LogP contribution in [0.15, 0.2) is 6.20 Å². The lowest BCUT2D eigenvalue weighted by Crippen LogP contribution is -2.31. The highest BCUT2D eigenvalue weighted by Gasteiger charge is 2.30. The number of aromatic nitrogens is 2. The monoisotopic (exact) mass is 165 g/mol. The highest BCUT2D eigenvalue weighted by molar-refractivity contribution is 5.97. The van der Waals surface area contributed by atoms with Gasteiger partial charge in [0.05, 0.1) is 24.0 Å². The fraction of sp³-hybridized carbons (Fsp3) is 0.500. The first-order valence-electron chi connectivity index (χ1n) is 4.03. The Kier molecular flexibility index (Phi) is 1.43. The number of rotatable bonds is 1. The molecule has 0 spiro atoms. The molecule has 1 aromatic rings. The van der Waals surface area contributed by atoms with Gasteiger partial charge in [0.25, 0.3) is 5.91 Å². The quantitative estimate of drug-likeness (QED) is 0.668. The summed E-state index contributed by atoms with van der Waals surface area (Å²) in [6, 6.07) is 0.262. The van der Waals surface area contributed by atoms with Gasteiger partial charge in [-0.1, -0.05) is 0 Å². The van der Waals surface area contributed by atoms with Crippen molar-refractivity contribution in [3.8, 4) is 0 Å². The number of amides is 1. The van der Waals surface area contributed by atoms with Crippen LogP contribution in [0.3, 0.4) is 0 Å². The summed E-state index contributed by atoms with van der Waals surface area (Å²) in [5.74, 6) is 0.0914. The van der Waals surface area contributed by atoms with E-state index in [1.807, 2.05) is 18.7 Å². The van der Waals surface area contributed by atoms with Crippen LogP contribution in [-0.2, 0) is 6.54 Å². The standard InChI is InChI=1S/C8H11N3O/c1-5(2)11-4-7-6(8(11)12)3-9-10-7/h3,5H,4H2,1-2H3,(H,9,10).